The van der Waals surface area contributed by atoms with E-state index in [1.54, 1.807) is 12.3 Å². The van der Waals surface area contributed by atoms with Crippen LogP contribution in [-0.2, 0) is 0 Å². The van der Waals surface area contributed by atoms with Crippen molar-refractivity contribution in [2.75, 3.05) is 0 Å². The Morgan fingerprint density at radius 3 is 2.44 bits per heavy atom. The summed E-state index contributed by atoms with van der Waals surface area (Å²) in [5.41, 5.74) is 2.46. The lowest BCUT2D eigenvalue weighted by Gasteiger charge is -2.10. The number of hydrogen-bond donors (Lipinski definition) is 0. The van der Waals surface area contributed by atoms with Gasteiger partial charge in [-0.05, 0) is 49.2 Å². The summed E-state index contributed by atoms with van der Waals surface area (Å²) in [4.78, 5) is 3.95. The van der Waals surface area contributed by atoms with E-state index in [2.05, 4.69) is 4.98 Å². The number of rotatable bonds is 3. The molecule has 0 amide bonds. The number of nitriles is 1. The van der Waals surface area contributed by atoms with E-state index >= 15 is 0 Å². The van der Waals surface area contributed by atoms with E-state index in [0.717, 1.165) is 16.9 Å². The summed E-state index contributed by atoms with van der Waals surface area (Å²) >= 11 is 0. The summed E-state index contributed by atoms with van der Waals surface area (Å²) in [5.74, 6) is 0.850. The van der Waals surface area contributed by atoms with Gasteiger partial charge in [0.15, 0.2) is 0 Å². The number of pyridine rings is 1. The van der Waals surface area contributed by atoms with E-state index in [4.69, 9.17) is 10.00 Å². The minimum Gasteiger partial charge on any atom is -0.491 e. The molecule has 0 aliphatic carbocycles. The Hall–Kier alpha value is -2.34. The molecule has 1 aromatic carbocycles. The average molecular weight is 238 g/mol. The van der Waals surface area contributed by atoms with Gasteiger partial charge in [-0.2, -0.15) is 5.26 Å². The first-order valence-corrected chi connectivity index (χ1v) is 5.82. The highest BCUT2D eigenvalue weighted by Crippen LogP contribution is 2.22. The van der Waals surface area contributed by atoms with Gasteiger partial charge < -0.3 is 4.74 Å². The van der Waals surface area contributed by atoms with Crippen LogP contribution in [0.2, 0.25) is 0 Å². The molecule has 0 N–H and O–H groups in total. The fraction of sp³-hybridized carbons (Fsp3) is 0.200. The molecule has 3 heteroatoms. The van der Waals surface area contributed by atoms with Crippen molar-refractivity contribution < 1.29 is 4.74 Å². The molecule has 0 fully saturated rings. The first kappa shape index (κ1) is 12.1. The monoisotopic (exact) mass is 238 g/mol. The Morgan fingerprint density at radius 2 is 1.83 bits per heavy atom. The minimum atomic E-state index is 0.168. The van der Waals surface area contributed by atoms with Gasteiger partial charge in [-0.25, -0.2) is 4.98 Å². The zero-order valence-corrected chi connectivity index (χ0v) is 10.4. The number of ether oxygens (including phenoxy) is 1. The van der Waals surface area contributed by atoms with E-state index < -0.39 is 0 Å². The van der Waals surface area contributed by atoms with Crippen molar-refractivity contribution in [2.24, 2.45) is 0 Å². The molecule has 0 bridgehead atoms. The summed E-state index contributed by atoms with van der Waals surface area (Å²) < 4.78 is 5.59. The van der Waals surface area contributed by atoms with Crippen molar-refractivity contribution >= 4 is 0 Å². The maximum atomic E-state index is 8.82. The van der Waals surface area contributed by atoms with Crippen molar-refractivity contribution in [2.45, 2.75) is 20.0 Å². The lowest BCUT2D eigenvalue weighted by Crippen LogP contribution is -2.05. The van der Waals surface area contributed by atoms with Crippen molar-refractivity contribution in [3.63, 3.8) is 0 Å². The molecule has 3 nitrogen and oxygen atoms in total. The van der Waals surface area contributed by atoms with E-state index in [1.807, 2.05) is 50.2 Å². The van der Waals surface area contributed by atoms with Gasteiger partial charge in [0.05, 0.1) is 6.10 Å². The van der Waals surface area contributed by atoms with Crippen LogP contribution >= 0.6 is 0 Å². The third-order valence-electron chi connectivity index (χ3n) is 2.43. The smallest absolute Gasteiger partial charge is 0.141 e. The molecule has 1 aromatic heterocycles. The normalized spacial score (nSPS) is 10.1. The van der Waals surface area contributed by atoms with Crippen molar-refractivity contribution in [3.8, 4) is 22.9 Å². The Morgan fingerprint density at radius 1 is 1.11 bits per heavy atom. The second-order valence-electron chi connectivity index (χ2n) is 4.23. The fourth-order valence-corrected chi connectivity index (χ4v) is 1.67. The zero-order valence-electron chi connectivity index (χ0n) is 10.4. The van der Waals surface area contributed by atoms with Crippen LogP contribution in [-0.4, -0.2) is 11.1 Å². The predicted octanol–water partition coefficient (Wildman–Crippen LogP) is 3.41. The van der Waals surface area contributed by atoms with E-state index in [-0.39, 0.29) is 6.10 Å². The van der Waals surface area contributed by atoms with Crippen LogP contribution < -0.4 is 4.74 Å². The lowest BCUT2D eigenvalue weighted by molar-refractivity contribution is 0.242. The molecule has 90 valence electrons. The Labute approximate surface area is 107 Å². The van der Waals surface area contributed by atoms with Gasteiger partial charge in [0.2, 0.25) is 0 Å². The van der Waals surface area contributed by atoms with Gasteiger partial charge in [-0.3, -0.25) is 0 Å². The summed E-state index contributed by atoms with van der Waals surface area (Å²) in [5, 5.41) is 8.82. The third-order valence-corrected chi connectivity index (χ3v) is 2.43. The second-order valence-corrected chi connectivity index (χ2v) is 4.23. The van der Waals surface area contributed by atoms with Crippen LogP contribution in [0.1, 0.15) is 19.5 Å². The Kier molecular flexibility index (Phi) is 3.59. The number of hydrogen-bond acceptors (Lipinski definition) is 3. The standard InChI is InChI=1S/C15H14N2O/c1-11(2)18-15-5-3-12(4-6-15)13-7-8-17-14(9-13)10-16/h3-9,11H,1-2H3. The molecule has 2 rings (SSSR count). The first-order valence-electron chi connectivity index (χ1n) is 5.82. The van der Waals surface area contributed by atoms with Crippen LogP contribution in [0.3, 0.4) is 0 Å². The average Bonchev–Trinajstić information content (AvgIpc) is 2.39. The largest absolute Gasteiger partial charge is 0.491 e. The highest BCUT2D eigenvalue weighted by molar-refractivity contribution is 5.64. The molecule has 18 heavy (non-hydrogen) atoms. The topological polar surface area (TPSA) is 45.9 Å². The highest BCUT2D eigenvalue weighted by atomic mass is 16.5. The molecule has 0 spiro atoms. The Balaban J connectivity index is 2.26. The van der Waals surface area contributed by atoms with Gasteiger partial charge in [-0.15, -0.1) is 0 Å². The molecule has 0 saturated carbocycles. The number of aromatic nitrogens is 1. The zero-order chi connectivity index (χ0) is 13.0. The maximum Gasteiger partial charge on any atom is 0.141 e. The molecule has 0 saturated heterocycles. The summed E-state index contributed by atoms with van der Waals surface area (Å²) in [6.07, 6.45) is 1.81. The molecule has 0 atom stereocenters. The number of nitrogens with zero attached hydrogens (tertiary/aromatic N) is 2. The van der Waals surface area contributed by atoms with Crippen LogP contribution in [0.4, 0.5) is 0 Å². The lowest BCUT2D eigenvalue weighted by atomic mass is 10.1. The Bertz CT molecular complexity index is 568. The predicted molar refractivity (Wildman–Crippen MR) is 70.2 cm³/mol. The van der Waals surface area contributed by atoms with Crippen LogP contribution in [0.5, 0.6) is 5.75 Å². The fourth-order valence-electron chi connectivity index (χ4n) is 1.67. The van der Waals surface area contributed by atoms with E-state index in [9.17, 15) is 0 Å². The molecule has 0 unspecified atom stereocenters. The number of benzene rings is 1. The van der Waals surface area contributed by atoms with Crippen molar-refractivity contribution in [1.82, 2.24) is 4.98 Å². The van der Waals surface area contributed by atoms with E-state index in [0.29, 0.717) is 5.69 Å². The molecule has 0 aliphatic heterocycles. The molecule has 2 aromatic rings. The summed E-state index contributed by atoms with van der Waals surface area (Å²) in [6, 6.07) is 13.5. The summed E-state index contributed by atoms with van der Waals surface area (Å²) in [7, 11) is 0. The summed E-state index contributed by atoms with van der Waals surface area (Å²) in [6.45, 7) is 3.99. The van der Waals surface area contributed by atoms with Crippen LogP contribution in [0.15, 0.2) is 42.6 Å². The highest BCUT2D eigenvalue weighted by Gasteiger charge is 2.01. The molecular weight excluding hydrogens is 224 g/mol. The van der Waals surface area contributed by atoms with Gasteiger partial charge in [-0.1, -0.05) is 12.1 Å². The van der Waals surface area contributed by atoms with Gasteiger partial charge >= 0.3 is 0 Å². The van der Waals surface area contributed by atoms with Crippen LogP contribution in [0.25, 0.3) is 11.1 Å². The van der Waals surface area contributed by atoms with Gasteiger partial charge in [0.25, 0.3) is 0 Å². The first-order chi connectivity index (χ1) is 8.69. The SMILES string of the molecule is CC(C)Oc1ccc(-c2ccnc(C#N)c2)cc1. The van der Waals surface area contributed by atoms with E-state index in [1.165, 1.54) is 0 Å². The van der Waals surface area contributed by atoms with Crippen molar-refractivity contribution in [1.29, 1.82) is 5.26 Å². The van der Waals surface area contributed by atoms with Crippen LogP contribution in [0, 0.1) is 11.3 Å². The van der Waals surface area contributed by atoms with Gasteiger partial charge in [0, 0.05) is 6.20 Å². The molecule has 0 aliphatic rings. The molecule has 0 radical (unpaired) electrons. The quantitative estimate of drug-likeness (QED) is 0.823. The molecule has 1 heterocycles. The minimum absolute atomic E-state index is 0.168. The van der Waals surface area contributed by atoms with Gasteiger partial charge in [0.1, 0.15) is 17.5 Å². The third kappa shape index (κ3) is 2.86. The second kappa shape index (κ2) is 5.33. The molecular formula is C15H14N2O. The van der Waals surface area contributed by atoms with Crippen molar-refractivity contribution in [3.05, 3.63) is 48.3 Å². The maximum absolute atomic E-state index is 8.82.